The number of nitrogens with one attached hydrogen (secondary N) is 1. The number of hydrogen-bond donors (Lipinski definition) is 2. The third-order valence-corrected chi connectivity index (χ3v) is 3.14. The second kappa shape index (κ2) is 7.69. The maximum Gasteiger partial charge on any atom is 0.131 e. The van der Waals surface area contributed by atoms with Gasteiger partial charge in [-0.1, -0.05) is 24.9 Å². The summed E-state index contributed by atoms with van der Waals surface area (Å²) in [6, 6.07) is 0. The van der Waals surface area contributed by atoms with E-state index < -0.39 is 0 Å². The van der Waals surface area contributed by atoms with E-state index in [0.717, 1.165) is 55.3 Å². The number of nitrogens with zero attached hydrogens (tertiary/aromatic N) is 2. The van der Waals surface area contributed by atoms with Gasteiger partial charge in [-0.15, -0.1) is 0 Å². The standard InChI is InChI=1S/C12H22ClN3O/c1-3-4-7-16-12(13)11(10(2)15-16)9-14-6-5-8-17/h14,17H,3-9H2,1-2H3. The fourth-order valence-electron chi connectivity index (χ4n) is 1.66. The average molecular weight is 260 g/mol. The highest BCUT2D eigenvalue weighted by atomic mass is 35.5. The molecular formula is C12H22ClN3O. The van der Waals surface area contributed by atoms with E-state index in [2.05, 4.69) is 17.3 Å². The van der Waals surface area contributed by atoms with Crippen LogP contribution in [-0.2, 0) is 13.1 Å². The maximum atomic E-state index is 8.69. The van der Waals surface area contributed by atoms with Gasteiger partial charge in [-0.2, -0.15) is 5.10 Å². The lowest BCUT2D eigenvalue weighted by atomic mass is 10.2. The zero-order chi connectivity index (χ0) is 12.7. The summed E-state index contributed by atoms with van der Waals surface area (Å²) < 4.78 is 1.88. The van der Waals surface area contributed by atoms with E-state index >= 15 is 0 Å². The van der Waals surface area contributed by atoms with E-state index in [9.17, 15) is 0 Å². The molecule has 1 aromatic heterocycles. The van der Waals surface area contributed by atoms with Crippen molar-refractivity contribution in [3.63, 3.8) is 0 Å². The molecule has 0 aromatic carbocycles. The number of aromatic nitrogens is 2. The lowest BCUT2D eigenvalue weighted by molar-refractivity contribution is 0.286. The Hall–Kier alpha value is -0.580. The predicted molar refractivity (Wildman–Crippen MR) is 70.3 cm³/mol. The summed E-state index contributed by atoms with van der Waals surface area (Å²) in [6.45, 7) is 6.75. The molecule has 0 bridgehead atoms. The maximum absolute atomic E-state index is 8.69. The van der Waals surface area contributed by atoms with E-state index in [-0.39, 0.29) is 6.61 Å². The molecule has 0 aliphatic carbocycles. The summed E-state index contributed by atoms with van der Waals surface area (Å²) in [4.78, 5) is 0. The van der Waals surface area contributed by atoms with Crippen molar-refractivity contribution in [2.75, 3.05) is 13.2 Å². The van der Waals surface area contributed by atoms with Crippen molar-refractivity contribution in [2.24, 2.45) is 0 Å². The number of halogens is 1. The molecule has 0 unspecified atom stereocenters. The molecule has 1 heterocycles. The van der Waals surface area contributed by atoms with Crippen molar-refractivity contribution >= 4 is 11.6 Å². The minimum atomic E-state index is 0.218. The van der Waals surface area contributed by atoms with E-state index in [1.165, 1.54) is 0 Å². The normalized spacial score (nSPS) is 11.1. The Bertz CT molecular complexity index is 339. The molecule has 0 aliphatic heterocycles. The first-order valence-electron chi connectivity index (χ1n) is 6.24. The van der Waals surface area contributed by atoms with Crippen LogP contribution in [0.4, 0.5) is 0 Å². The van der Waals surface area contributed by atoms with E-state index in [0.29, 0.717) is 0 Å². The highest BCUT2D eigenvalue weighted by Crippen LogP contribution is 2.20. The predicted octanol–water partition coefficient (Wildman–Crippen LogP) is 2.12. The molecule has 0 saturated heterocycles. The second-order valence-corrected chi connectivity index (χ2v) is 4.54. The second-order valence-electron chi connectivity index (χ2n) is 4.19. The van der Waals surface area contributed by atoms with Crippen LogP contribution in [0, 0.1) is 6.92 Å². The minimum absolute atomic E-state index is 0.218. The Balaban J connectivity index is 2.55. The molecule has 98 valence electrons. The quantitative estimate of drug-likeness (QED) is 0.703. The number of unbranched alkanes of at least 4 members (excludes halogenated alkanes) is 1. The molecule has 1 aromatic rings. The molecular weight excluding hydrogens is 238 g/mol. The van der Waals surface area contributed by atoms with E-state index in [1.54, 1.807) is 0 Å². The summed E-state index contributed by atoms with van der Waals surface area (Å²) in [5.41, 5.74) is 2.06. The van der Waals surface area contributed by atoms with Gasteiger partial charge in [0.15, 0.2) is 0 Å². The van der Waals surface area contributed by atoms with Gasteiger partial charge in [0.05, 0.1) is 5.69 Å². The van der Waals surface area contributed by atoms with Crippen LogP contribution in [-0.4, -0.2) is 28.0 Å². The molecule has 0 radical (unpaired) electrons. The van der Waals surface area contributed by atoms with Crippen molar-refractivity contribution in [3.8, 4) is 0 Å². The van der Waals surface area contributed by atoms with Crippen LogP contribution in [0.2, 0.25) is 5.15 Å². The molecule has 5 heteroatoms. The Labute approximate surface area is 108 Å². The van der Waals surface area contributed by atoms with Gasteiger partial charge < -0.3 is 10.4 Å². The van der Waals surface area contributed by atoms with Crippen LogP contribution in [0.3, 0.4) is 0 Å². The molecule has 0 aliphatic rings. The highest BCUT2D eigenvalue weighted by molar-refractivity contribution is 6.30. The molecule has 1 rings (SSSR count). The van der Waals surface area contributed by atoms with Gasteiger partial charge in [-0.25, -0.2) is 0 Å². The Kier molecular flexibility index (Phi) is 6.55. The summed E-state index contributed by atoms with van der Waals surface area (Å²) in [5, 5.41) is 17.1. The molecule has 17 heavy (non-hydrogen) atoms. The first-order valence-corrected chi connectivity index (χ1v) is 6.61. The molecule has 0 fully saturated rings. The lowest BCUT2D eigenvalue weighted by Crippen LogP contribution is -2.16. The molecule has 0 saturated carbocycles. The molecule has 2 N–H and O–H groups in total. The van der Waals surface area contributed by atoms with Crippen LogP contribution in [0.25, 0.3) is 0 Å². The zero-order valence-corrected chi connectivity index (χ0v) is 11.4. The van der Waals surface area contributed by atoms with Crippen molar-refractivity contribution in [1.82, 2.24) is 15.1 Å². The fraction of sp³-hybridized carbons (Fsp3) is 0.750. The molecule has 0 atom stereocenters. The van der Waals surface area contributed by atoms with Gasteiger partial charge in [0.25, 0.3) is 0 Å². The van der Waals surface area contributed by atoms with Gasteiger partial charge in [0.1, 0.15) is 5.15 Å². The minimum Gasteiger partial charge on any atom is -0.396 e. The molecule has 0 amide bonds. The molecule has 4 nitrogen and oxygen atoms in total. The van der Waals surface area contributed by atoms with Crippen molar-refractivity contribution in [2.45, 2.75) is 46.2 Å². The number of rotatable bonds is 8. The van der Waals surface area contributed by atoms with Crippen LogP contribution in [0.5, 0.6) is 0 Å². The first-order chi connectivity index (χ1) is 8.20. The average Bonchev–Trinajstić information content (AvgIpc) is 2.58. The Morgan fingerprint density at radius 1 is 1.41 bits per heavy atom. The van der Waals surface area contributed by atoms with Crippen molar-refractivity contribution in [1.29, 1.82) is 0 Å². The first kappa shape index (κ1) is 14.5. The van der Waals surface area contributed by atoms with Gasteiger partial charge in [-0.3, -0.25) is 4.68 Å². The lowest BCUT2D eigenvalue weighted by Gasteiger charge is -2.04. The van der Waals surface area contributed by atoms with Gasteiger partial charge in [0, 0.05) is 25.3 Å². The van der Waals surface area contributed by atoms with E-state index in [4.69, 9.17) is 16.7 Å². The fourth-order valence-corrected chi connectivity index (χ4v) is 1.99. The smallest absolute Gasteiger partial charge is 0.131 e. The Morgan fingerprint density at radius 3 is 2.82 bits per heavy atom. The van der Waals surface area contributed by atoms with Crippen LogP contribution in [0.15, 0.2) is 0 Å². The summed E-state index contributed by atoms with van der Waals surface area (Å²) in [5.74, 6) is 0. The topological polar surface area (TPSA) is 50.1 Å². The zero-order valence-electron chi connectivity index (χ0n) is 10.7. The SMILES string of the molecule is CCCCn1nc(C)c(CNCCCO)c1Cl. The number of hydrogen-bond acceptors (Lipinski definition) is 3. The highest BCUT2D eigenvalue weighted by Gasteiger charge is 2.12. The van der Waals surface area contributed by atoms with Gasteiger partial charge in [-0.05, 0) is 26.3 Å². The van der Waals surface area contributed by atoms with Crippen molar-refractivity contribution in [3.05, 3.63) is 16.4 Å². The number of aryl methyl sites for hydroxylation is 2. The van der Waals surface area contributed by atoms with E-state index in [1.807, 2.05) is 11.6 Å². The van der Waals surface area contributed by atoms with Crippen LogP contribution < -0.4 is 5.32 Å². The number of aliphatic hydroxyl groups excluding tert-OH is 1. The summed E-state index contributed by atoms with van der Waals surface area (Å²) in [6.07, 6.45) is 3.00. The van der Waals surface area contributed by atoms with Crippen LogP contribution >= 0.6 is 11.6 Å². The summed E-state index contributed by atoms with van der Waals surface area (Å²) in [7, 11) is 0. The summed E-state index contributed by atoms with van der Waals surface area (Å²) >= 11 is 6.29. The van der Waals surface area contributed by atoms with Crippen LogP contribution in [0.1, 0.15) is 37.4 Å². The third kappa shape index (κ3) is 4.30. The largest absolute Gasteiger partial charge is 0.396 e. The Morgan fingerprint density at radius 2 is 2.18 bits per heavy atom. The van der Waals surface area contributed by atoms with Gasteiger partial charge in [0.2, 0.25) is 0 Å². The molecule has 0 spiro atoms. The number of aliphatic hydroxyl groups is 1. The van der Waals surface area contributed by atoms with Crippen molar-refractivity contribution < 1.29 is 5.11 Å². The third-order valence-electron chi connectivity index (χ3n) is 2.72. The van der Waals surface area contributed by atoms with Gasteiger partial charge >= 0.3 is 0 Å². The monoisotopic (exact) mass is 259 g/mol.